The third kappa shape index (κ3) is 1.19. The van der Waals surface area contributed by atoms with E-state index in [4.69, 9.17) is 0 Å². The summed E-state index contributed by atoms with van der Waals surface area (Å²) in [5.41, 5.74) is 1.45. The molecule has 3 heterocycles. The van der Waals surface area contributed by atoms with Crippen molar-refractivity contribution < 1.29 is 0 Å². The molecule has 0 spiro atoms. The second-order valence-corrected chi connectivity index (χ2v) is 4.71. The molecule has 1 aromatic rings. The Labute approximate surface area is 84.5 Å². The van der Waals surface area contributed by atoms with Crippen LogP contribution in [0.1, 0.15) is 30.8 Å². The van der Waals surface area contributed by atoms with Gasteiger partial charge in [0, 0.05) is 37.4 Å². The summed E-state index contributed by atoms with van der Waals surface area (Å²) in [6.07, 6.45) is 4.62. The summed E-state index contributed by atoms with van der Waals surface area (Å²) in [6, 6.07) is 0. The maximum absolute atomic E-state index is 4.58. The van der Waals surface area contributed by atoms with Crippen LogP contribution in [-0.4, -0.2) is 22.6 Å². The molecule has 3 nitrogen and oxygen atoms in total. The predicted octanol–water partition coefficient (Wildman–Crippen LogP) is 1.15. The number of rotatable bonds is 1. The minimum absolute atomic E-state index is 0.678. The highest BCUT2D eigenvalue weighted by molar-refractivity contribution is 5.14. The molecule has 1 fully saturated rings. The standard InChI is InChI=1S/C11H17N3/c1-8-2-3-14-10(4-8)7-13-11(14)9-5-12-6-9/h7-9,12H,2-6H2,1H3. The van der Waals surface area contributed by atoms with Crippen LogP contribution in [0.2, 0.25) is 0 Å². The third-order valence-electron chi connectivity index (χ3n) is 3.52. The van der Waals surface area contributed by atoms with Gasteiger partial charge in [0.05, 0.1) is 0 Å². The van der Waals surface area contributed by atoms with E-state index < -0.39 is 0 Å². The van der Waals surface area contributed by atoms with E-state index in [1.54, 1.807) is 0 Å². The first-order chi connectivity index (χ1) is 6.84. The Kier molecular flexibility index (Phi) is 1.87. The molecular formula is C11H17N3. The number of hydrogen-bond donors (Lipinski definition) is 1. The van der Waals surface area contributed by atoms with Gasteiger partial charge in [-0.2, -0.15) is 0 Å². The van der Waals surface area contributed by atoms with E-state index in [-0.39, 0.29) is 0 Å². The van der Waals surface area contributed by atoms with Crippen LogP contribution in [0.25, 0.3) is 0 Å². The zero-order valence-electron chi connectivity index (χ0n) is 8.66. The SMILES string of the molecule is CC1CCn2c(cnc2C2CNC2)C1. The van der Waals surface area contributed by atoms with E-state index >= 15 is 0 Å². The number of hydrogen-bond acceptors (Lipinski definition) is 2. The molecule has 0 amide bonds. The van der Waals surface area contributed by atoms with E-state index in [0.29, 0.717) is 5.92 Å². The topological polar surface area (TPSA) is 29.9 Å². The van der Waals surface area contributed by atoms with Crippen molar-refractivity contribution in [2.24, 2.45) is 5.92 Å². The van der Waals surface area contributed by atoms with Crippen molar-refractivity contribution >= 4 is 0 Å². The maximum atomic E-state index is 4.58. The lowest BCUT2D eigenvalue weighted by Gasteiger charge is -2.29. The van der Waals surface area contributed by atoms with Gasteiger partial charge < -0.3 is 9.88 Å². The largest absolute Gasteiger partial charge is 0.332 e. The Hall–Kier alpha value is -0.830. The number of nitrogens with zero attached hydrogens (tertiary/aromatic N) is 2. The van der Waals surface area contributed by atoms with Crippen LogP contribution in [0.4, 0.5) is 0 Å². The maximum Gasteiger partial charge on any atom is 0.114 e. The summed E-state index contributed by atoms with van der Waals surface area (Å²) >= 11 is 0. The molecule has 3 heteroatoms. The fourth-order valence-electron chi connectivity index (χ4n) is 2.45. The summed E-state index contributed by atoms with van der Waals surface area (Å²) in [5, 5.41) is 3.31. The molecule has 1 aromatic heterocycles. The van der Waals surface area contributed by atoms with Crippen LogP contribution in [-0.2, 0) is 13.0 Å². The first-order valence-corrected chi connectivity index (χ1v) is 5.59. The Morgan fingerprint density at radius 1 is 1.50 bits per heavy atom. The molecule has 0 bridgehead atoms. The molecule has 76 valence electrons. The smallest absolute Gasteiger partial charge is 0.114 e. The van der Waals surface area contributed by atoms with Gasteiger partial charge in [-0.05, 0) is 18.8 Å². The Morgan fingerprint density at radius 2 is 2.36 bits per heavy atom. The molecule has 1 atom stereocenters. The zero-order chi connectivity index (χ0) is 9.54. The second kappa shape index (κ2) is 3.09. The predicted molar refractivity (Wildman–Crippen MR) is 55.3 cm³/mol. The Bertz CT molecular complexity index is 338. The quantitative estimate of drug-likeness (QED) is 0.721. The molecule has 14 heavy (non-hydrogen) atoms. The molecule has 1 saturated heterocycles. The molecule has 2 aliphatic rings. The Morgan fingerprint density at radius 3 is 3.07 bits per heavy atom. The molecule has 0 aliphatic carbocycles. The van der Waals surface area contributed by atoms with Crippen molar-refractivity contribution in [2.75, 3.05) is 13.1 Å². The van der Waals surface area contributed by atoms with Crippen molar-refractivity contribution in [3.05, 3.63) is 17.7 Å². The molecule has 2 aliphatic heterocycles. The molecule has 0 saturated carbocycles. The summed E-state index contributed by atoms with van der Waals surface area (Å²) < 4.78 is 2.45. The van der Waals surface area contributed by atoms with Crippen molar-refractivity contribution in [3.63, 3.8) is 0 Å². The van der Waals surface area contributed by atoms with Gasteiger partial charge in [-0.25, -0.2) is 4.98 Å². The lowest BCUT2D eigenvalue weighted by molar-refractivity contribution is 0.371. The third-order valence-corrected chi connectivity index (χ3v) is 3.52. The molecule has 1 N–H and O–H groups in total. The molecule has 1 unspecified atom stereocenters. The van der Waals surface area contributed by atoms with Gasteiger partial charge in [0.25, 0.3) is 0 Å². The second-order valence-electron chi connectivity index (χ2n) is 4.71. The fraction of sp³-hybridized carbons (Fsp3) is 0.727. The van der Waals surface area contributed by atoms with E-state index in [1.807, 2.05) is 0 Å². The van der Waals surface area contributed by atoms with Crippen LogP contribution in [0.15, 0.2) is 6.20 Å². The van der Waals surface area contributed by atoms with Gasteiger partial charge in [0.2, 0.25) is 0 Å². The van der Waals surface area contributed by atoms with Gasteiger partial charge >= 0.3 is 0 Å². The van der Waals surface area contributed by atoms with Crippen LogP contribution in [0.5, 0.6) is 0 Å². The number of aromatic nitrogens is 2. The number of fused-ring (bicyclic) bond motifs is 1. The highest BCUT2D eigenvalue weighted by atomic mass is 15.1. The lowest BCUT2D eigenvalue weighted by atomic mass is 9.97. The van der Waals surface area contributed by atoms with Gasteiger partial charge in [-0.1, -0.05) is 6.92 Å². The summed E-state index contributed by atoms with van der Waals surface area (Å²) in [5.74, 6) is 2.84. The minimum atomic E-state index is 0.678. The molecular weight excluding hydrogens is 174 g/mol. The van der Waals surface area contributed by atoms with Crippen LogP contribution in [0.3, 0.4) is 0 Å². The number of nitrogens with one attached hydrogen (secondary N) is 1. The van der Waals surface area contributed by atoms with Gasteiger partial charge in [0.1, 0.15) is 5.82 Å². The van der Waals surface area contributed by atoms with E-state index in [9.17, 15) is 0 Å². The minimum Gasteiger partial charge on any atom is -0.332 e. The normalized spacial score (nSPS) is 27.1. The fourth-order valence-corrected chi connectivity index (χ4v) is 2.45. The van der Waals surface area contributed by atoms with Crippen molar-refractivity contribution in [3.8, 4) is 0 Å². The summed E-state index contributed by atoms with van der Waals surface area (Å²) in [6.45, 7) is 5.75. The molecule has 0 radical (unpaired) electrons. The highest BCUT2D eigenvalue weighted by Gasteiger charge is 2.27. The molecule has 3 rings (SSSR count). The monoisotopic (exact) mass is 191 g/mol. The average molecular weight is 191 g/mol. The van der Waals surface area contributed by atoms with Crippen molar-refractivity contribution in [1.82, 2.24) is 14.9 Å². The summed E-state index contributed by atoms with van der Waals surface area (Å²) in [4.78, 5) is 4.58. The highest BCUT2D eigenvalue weighted by Crippen LogP contribution is 2.26. The van der Waals surface area contributed by atoms with Crippen LogP contribution in [0, 0.1) is 5.92 Å². The van der Waals surface area contributed by atoms with Gasteiger partial charge in [-0.15, -0.1) is 0 Å². The van der Waals surface area contributed by atoms with Crippen LogP contribution >= 0.6 is 0 Å². The Balaban J connectivity index is 1.91. The van der Waals surface area contributed by atoms with Crippen LogP contribution < -0.4 is 5.32 Å². The van der Waals surface area contributed by atoms with E-state index in [1.165, 1.54) is 30.9 Å². The first kappa shape index (κ1) is 8.48. The first-order valence-electron chi connectivity index (χ1n) is 5.59. The van der Waals surface area contributed by atoms with E-state index in [0.717, 1.165) is 19.0 Å². The number of imidazole rings is 1. The summed E-state index contributed by atoms with van der Waals surface area (Å²) in [7, 11) is 0. The lowest BCUT2D eigenvalue weighted by Crippen LogP contribution is -2.41. The van der Waals surface area contributed by atoms with Gasteiger partial charge in [-0.3, -0.25) is 0 Å². The van der Waals surface area contributed by atoms with Gasteiger partial charge in [0.15, 0.2) is 0 Å². The molecule has 0 aromatic carbocycles. The average Bonchev–Trinajstić information content (AvgIpc) is 2.45. The van der Waals surface area contributed by atoms with Crippen molar-refractivity contribution in [2.45, 2.75) is 32.2 Å². The zero-order valence-corrected chi connectivity index (χ0v) is 8.66. The van der Waals surface area contributed by atoms with Crippen molar-refractivity contribution in [1.29, 1.82) is 0 Å². The van der Waals surface area contributed by atoms with E-state index in [2.05, 4.69) is 28.0 Å².